The summed E-state index contributed by atoms with van der Waals surface area (Å²) in [7, 11) is 3.43. The second kappa shape index (κ2) is 9.96. The highest BCUT2D eigenvalue weighted by Gasteiger charge is 2.28. The number of amides is 1. The van der Waals surface area contributed by atoms with Gasteiger partial charge in [0.05, 0.1) is 13.7 Å². The van der Waals surface area contributed by atoms with Gasteiger partial charge in [0.15, 0.2) is 0 Å². The van der Waals surface area contributed by atoms with Crippen LogP contribution >= 0.6 is 0 Å². The van der Waals surface area contributed by atoms with Crippen molar-refractivity contribution < 1.29 is 14.1 Å². The van der Waals surface area contributed by atoms with E-state index in [1.807, 2.05) is 24.3 Å². The van der Waals surface area contributed by atoms with E-state index in [1.54, 1.807) is 19.1 Å². The lowest BCUT2D eigenvalue weighted by Gasteiger charge is -2.33. The van der Waals surface area contributed by atoms with Gasteiger partial charge in [0.1, 0.15) is 5.75 Å². The summed E-state index contributed by atoms with van der Waals surface area (Å²) < 4.78 is 10.6. The summed E-state index contributed by atoms with van der Waals surface area (Å²) >= 11 is 0. The molecule has 1 saturated heterocycles. The van der Waals surface area contributed by atoms with Crippen LogP contribution < -0.4 is 4.74 Å². The van der Waals surface area contributed by atoms with Crippen LogP contribution in [0.1, 0.15) is 29.9 Å². The maximum Gasteiger partial charge on any atom is 0.246 e. The molecule has 7 heteroatoms. The molecule has 1 aliphatic heterocycles. The number of hydrogen-bond acceptors (Lipinski definition) is 6. The smallest absolute Gasteiger partial charge is 0.246 e. The molecule has 3 aromatic rings. The number of rotatable bonds is 7. The number of nitrogens with zero attached hydrogens (tertiary/aromatic N) is 4. The lowest BCUT2D eigenvalue weighted by atomic mass is 9.95. The molecule has 0 N–H and O–H groups in total. The predicted molar refractivity (Wildman–Crippen MR) is 122 cm³/mol. The van der Waals surface area contributed by atoms with Crippen LogP contribution in [0.5, 0.6) is 5.75 Å². The number of carbonyl (C=O) groups excluding carboxylic acids is 1. The number of piperidine rings is 1. The van der Waals surface area contributed by atoms with Gasteiger partial charge in [-0.1, -0.05) is 35.0 Å². The molecular weight excluding hydrogens is 404 g/mol. The third-order valence-corrected chi connectivity index (χ3v) is 5.99. The van der Waals surface area contributed by atoms with E-state index < -0.39 is 0 Å². The van der Waals surface area contributed by atoms with E-state index in [-0.39, 0.29) is 11.8 Å². The molecule has 168 valence electrons. The van der Waals surface area contributed by atoms with E-state index in [4.69, 9.17) is 9.26 Å². The lowest BCUT2D eigenvalue weighted by molar-refractivity contribution is -0.136. The molecule has 7 nitrogen and oxygen atoms in total. The van der Waals surface area contributed by atoms with Crippen molar-refractivity contribution in [1.29, 1.82) is 0 Å². The van der Waals surface area contributed by atoms with Crippen LogP contribution in [-0.4, -0.2) is 53.1 Å². The van der Waals surface area contributed by atoms with Gasteiger partial charge in [-0.25, -0.2) is 0 Å². The van der Waals surface area contributed by atoms with Crippen LogP contribution in [0.25, 0.3) is 11.4 Å². The van der Waals surface area contributed by atoms with Gasteiger partial charge in [-0.05, 0) is 62.7 Å². The fourth-order valence-electron chi connectivity index (χ4n) is 4.18. The van der Waals surface area contributed by atoms with Gasteiger partial charge in [0, 0.05) is 25.1 Å². The highest BCUT2D eigenvalue weighted by Crippen LogP contribution is 2.23. The molecule has 4 rings (SSSR count). The Kier molecular flexibility index (Phi) is 6.85. The first-order valence-electron chi connectivity index (χ1n) is 11.0. The van der Waals surface area contributed by atoms with E-state index in [1.165, 1.54) is 11.1 Å². The maximum atomic E-state index is 13.0. The highest BCUT2D eigenvalue weighted by atomic mass is 16.5. The lowest BCUT2D eigenvalue weighted by Crippen LogP contribution is -2.40. The van der Waals surface area contributed by atoms with Gasteiger partial charge >= 0.3 is 0 Å². The number of aromatic nitrogens is 2. The molecule has 0 unspecified atom stereocenters. The summed E-state index contributed by atoms with van der Waals surface area (Å²) in [4.78, 5) is 21.5. The molecule has 0 spiro atoms. The topological polar surface area (TPSA) is 71.7 Å². The van der Waals surface area contributed by atoms with Gasteiger partial charge in [-0.2, -0.15) is 4.98 Å². The fourth-order valence-corrected chi connectivity index (χ4v) is 4.18. The number of carbonyl (C=O) groups is 1. The molecule has 2 aromatic carbocycles. The number of hydrogen-bond donors (Lipinski definition) is 0. The van der Waals surface area contributed by atoms with Crippen LogP contribution in [0.3, 0.4) is 0 Å². The molecule has 0 bridgehead atoms. The second-order valence-corrected chi connectivity index (χ2v) is 8.47. The molecule has 2 heterocycles. The van der Waals surface area contributed by atoms with Crippen LogP contribution in [0.2, 0.25) is 0 Å². The van der Waals surface area contributed by atoms with Crippen molar-refractivity contribution in [2.24, 2.45) is 5.92 Å². The predicted octanol–water partition coefficient (Wildman–Crippen LogP) is 3.92. The van der Waals surface area contributed by atoms with Crippen molar-refractivity contribution in [2.75, 3.05) is 27.2 Å². The first kappa shape index (κ1) is 22.0. The number of methoxy groups -OCH3 is 1. The average Bonchev–Trinajstić information content (AvgIpc) is 3.27. The minimum atomic E-state index is 0.0396. The zero-order valence-electron chi connectivity index (χ0n) is 19.0. The van der Waals surface area contributed by atoms with Crippen LogP contribution in [0, 0.1) is 12.8 Å². The first-order valence-corrected chi connectivity index (χ1v) is 11.0. The molecule has 1 aliphatic rings. The summed E-state index contributed by atoms with van der Waals surface area (Å²) in [6, 6.07) is 16.1. The number of aryl methyl sites for hydroxylation is 1. The number of likely N-dealkylation sites (tertiary alicyclic amines) is 1. The number of benzene rings is 2. The van der Waals surface area contributed by atoms with Crippen molar-refractivity contribution in [1.82, 2.24) is 19.9 Å². The molecule has 0 aliphatic carbocycles. The monoisotopic (exact) mass is 434 g/mol. The van der Waals surface area contributed by atoms with Crippen molar-refractivity contribution in [2.45, 2.75) is 32.9 Å². The van der Waals surface area contributed by atoms with Crippen molar-refractivity contribution in [3.8, 4) is 17.1 Å². The first-order chi connectivity index (χ1) is 15.5. The van der Waals surface area contributed by atoms with E-state index in [0.717, 1.165) is 43.8 Å². The summed E-state index contributed by atoms with van der Waals surface area (Å²) in [5, 5.41) is 4.05. The van der Waals surface area contributed by atoms with Crippen molar-refractivity contribution in [3.05, 3.63) is 65.5 Å². The van der Waals surface area contributed by atoms with Crippen molar-refractivity contribution >= 4 is 5.91 Å². The zero-order chi connectivity index (χ0) is 22.5. The Hall–Kier alpha value is -3.19. The Morgan fingerprint density at radius 3 is 2.62 bits per heavy atom. The molecule has 0 saturated carbocycles. The standard InChI is InChI=1S/C25H30N4O3/c1-18-5-4-6-19(15-18)16-29-13-11-21(12-14-29)25(30)28(2)17-23-26-24(27-32-23)20-7-9-22(31-3)10-8-20/h4-10,15,21H,11-14,16-17H2,1-3H3. The molecule has 1 aromatic heterocycles. The van der Waals surface area contributed by atoms with Gasteiger partial charge in [0.25, 0.3) is 0 Å². The summed E-state index contributed by atoms with van der Waals surface area (Å²) in [5.41, 5.74) is 3.46. The Morgan fingerprint density at radius 2 is 1.94 bits per heavy atom. The summed E-state index contributed by atoms with van der Waals surface area (Å²) in [5.74, 6) is 1.89. The Labute approximate surface area is 189 Å². The van der Waals surface area contributed by atoms with Crippen molar-refractivity contribution in [3.63, 3.8) is 0 Å². The largest absolute Gasteiger partial charge is 0.497 e. The Bertz CT molecular complexity index is 1040. The molecule has 0 atom stereocenters. The quantitative estimate of drug-likeness (QED) is 0.561. The molecule has 0 radical (unpaired) electrons. The van der Waals surface area contributed by atoms with Gasteiger partial charge in [-0.3, -0.25) is 9.69 Å². The van der Waals surface area contributed by atoms with E-state index in [9.17, 15) is 4.79 Å². The third-order valence-electron chi connectivity index (χ3n) is 5.99. The minimum Gasteiger partial charge on any atom is -0.497 e. The third kappa shape index (κ3) is 5.34. The number of ether oxygens (including phenoxy) is 1. The van der Waals surface area contributed by atoms with Crippen LogP contribution in [-0.2, 0) is 17.9 Å². The molecule has 1 amide bonds. The molecule has 1 fully saturated rings. The minimum absolute atomic E-state index is 0.0396. The second-order valence-electron chi connectivity index (χ2n) is 8.47. The Morgan fingerprint density at radius 1 is 1.19 bits per heavy atom. The Balaban J connectivity index is 1.28. The average molecular weight is 435 g/mol. The molecule has 32 heavy (non-hydrogen) atoms. The highest BCUT2D eigenvalue weighted by molar-refractivity contribution is 5.78. The van der Waals surface area contributed by atoms with Gasteiger partial charge in [0.2, 0.25) is 17.6 Å². The van der Waals surface area contributed by atoms with Crippen LogP contribution in [0.4, 0.5) is 0 Å². The van der Waals surface area contributed by atoms with E-state index >= 15 is 0 Å². The van der Waals surface area contributed by atoms with E-state index in [2.05, 4.69) is 46.2 Å². The SMILES string of the molecule is COc1ccc(-c2noc(CN(C)C(=O)C3CCN(Cc4cccc(C)c4)CC3)n2)cc1. The normalized spacial score (nSPS) is 15.0. The van der Waals surface area contributed by atoms with Crippen LogP contribution in [0.15, 0.2) is 53.1 Å². The summed E-state index contributed by atoms with van der Waals surface area (Å²) in [6.45, 7) is 5.23. The molecular formula is C25H30N4O3. The maximum absolute atomic E-state index is 13.0. The van der Waals surface area contributed by atoms with E-state index in [0.29, 0.717) is 18.3 Å². The fraction of sp³-hybridized carbons (Fsp3) is 0.400. The zero-order valence-corrected chi connectivity index (χ0v) is 19.0. The van der Waals surface area contributed by atoms with Gasteiger partial charge < -0.3 is 14.2 Å². The van der Waals surface area contributed by atoms with Gasteiger partial charge in [-0.15, -0.1) is 0 Å². The summed E-state index contributed by atoms with van der Waals surface area (Å²) in [6.07, 6.45) is 1.74.